The van der Waals surface area contributed by atoms with Crippen LogP contribution in [0.15, 0.2) is 34.4 Å². The molecule has 0 amide bonds. The molecule has 2 heterocycles. The van der Waals surface area contributed by atoms with Crippen LogP contribution >= 0.6 is 27.3 Å². The van der Waals surface area contributed by atoms with E-state index in [1.165, 1.54) is 4.88 Å². The summed E-state index contributed by atoms with van der Waals surface area (Å²) in [6.07, 6.45) is 4.43. The first-order valence-electron chi connectivity index (χ1n) is 5.11. The number of Topliss-reactive ketones (excluding diaryl/α,β-unsaturated/α-hetero) is 1. The third-order valence-corrected chi connectivity index (χ3v) is 4.32. The number of aromatic nitrogens is 1. The molecule has 2 nitrogen and oxygen atoms in total. The fourth-order valence-corrected chi connectivity index (χ4v) is 3.00. The largest absolute Gasteiger partial charge is 0.348 e. The van der Waals surface area contributed by atoms with Crippen molar-refractivity contribution in [3.05, 3.63) is 44.8 Å². The Morgan fingerprint density at radius 3 is 2.94 bits per heavy atom. The van der Waals surface area contributed by atoms with Crippen molar-refractivity contribution in [2.24, 2.45) is 0 Å². The Labute approximate surface area is 107 Å². The lowest BCUT2D eigenvalue weighted by molar-refractivity contribution is 0.0988. The number of thiophene rings is 1. The van der Waals surface area contributed by atoms with E-state index in [0.29, 0.717) is 6.42 Å². The van der Waals surface area contributed by atoms with Crippen molar-refractivity contribution in [3.8, 4) is 0 Å². The summed E-state index contributed by atoms with van der Waals surface area (Å²) in [7, 11) is 0. The Kier molecular flexibility index (Phi) is 3.61. The number of halogens is 1. The predicted octanol–water partition coefficient (Wildman–Crippen LogP) is 3.95. The van der Waals surface area contributed by atoms with Crippen LogP contribution in [0.4, 0.5) is 0 Å². The highest BCUT2D eigenvalue weighted by Crippen LogP contribution is 2.23. The molecule has 84 valence electrons. The minimum atomic E-state index is 0.198. The maximum atomic E-state index is 11.5. The molecule has 16 heavy (non-hydrogen) atoms. The highest BCUT2D eigenvalue weighted by Gasteiger charge is 2.06. The molecule has 0 N–H and O–H groups in total. The van der Waals surface area contributed by atoms with Gasteiger partial charge >= 0.3 is 0 Å². The molecule has 0 saturated heterocycles. The normalized spacial score (nSPS) is 10.6. The summed E-state index contributed by atoms with van der Waals surface area (Å²) in [6, 6.07) is 3.93. The van der Waals surface area contributed by atoms with Crippen molar-refractivity contribution >= 4 is 33.0 Å². The van der Waals surface area contributed by atoms with Gasteiger partial charge in [0.1, 0.15) is 0 Å². The van der Waals surface area contributed by atoms with Gasteiger partial charge in [0.2, 0.25) is 0 Å². The maximum absolute atomic E-state index is 11.5. The Bertz CT molecular complexity index is 501. The number of carbonyl (C=O) groups is 1. The molecule has 0 fully saturated rings. The van der Waals surface area contributed by atoms with Crippen molar-refractivity contribution in [2.75, 3.05) is 0 Å². The molecule has 2 rings (SSSR count). The van der Waals surface area contributed by atoms with Crippen LogP contribution in [0.5, 0.6) is 0 Å². The smallest absolute Gasteiger partial charge is 0.164 e. The van der Waals surface area contributed by atoms with Gasteiger partial charge < -0.3 is 4.57 Å². The van der Waals surface area contributed by atoms with Gasteiger partial charge in [0.25, 0.3) is 0 Å². The lowest BCUT2D eigenvalue weighted by Crippen LogP contribution is -1.97. The molecule has 0 aromatic carbocycles. The van der Waals surface area contributed by atoms with E-state index in [1.54, 1.807) is 11.3 Å². The van der Waals surface area contributed by atoms with Crippen LogP contribution in [0.2, 0.25) is 0 Å². The molecule has 0 aliphatic rings. The van der Waals surface area contributed by atoms with Gasteiger partial charge in [-0.25, -0.2) is 0 Å². The Hall–Kier alpha value is -0.870. The van der Waals surface area contributed by atoms with Crippen molar-refractivity contribution < 1.29 is 4.79 Å². The zero-order valence-electron chi connectivity index (χ0n) is 8.94. The highest BCUT2D eigenvalue weighted by molar-refractivity contribution is 9.10. The number of hydrogen-bond donors (Lipinski definition) is 0. The fourth-order valence-electron chi connectivity index (χ4n) is 1.51. The third kappa shape index (κ3) is 2.44. The van der Waals surface area contributed by atoms with Gasteiger partial charge in [-0.1, -0.05) is 6.92 Å². The Balaban J connectivity index is 2.14. The summed E-state index contributed by atoms with van der Waals surface area (Å²) in [5.41, 5.74) is 0.801. The Morgan fingerprint density at radius 2 is 2.31 bits per heavy atom. The van der Waals surface area contributed by atoms with E-state index >= 15 is 0 Å². The number of carbonyl (C=O) groups excluding carboxylic acids is 1. The fraction of sp³-hybridized carbons (Fsp3) is 0.250. The van der Waals surface area contributed by atoms with Crippen molar-refractivity contribution in [1.82, 2.24) is 4.57 Å². The molecule has 0 bridgehead atoms. The Morgan fingerprint density at radius 1 is 1.50 bits per heavy atom. The second kappa shape index (κ2) is 4.97. The first kappa shape index (κ1) is 11.6. The van der Waals surface area contributed by atoms with E-state index in [9.17, 15) is 4.79 Å². The molecule has 2 aromatic heterocycles. The molecular weight excluding hydrogens is 286 g/mol. The average Bonchev–Trinajstić information content (AvgIpc) is 2.89. The van der Waals surface area contributed by atoms with Crippen LogP contribution in [-0.4, -0.2) is 10.4 Å². The summed E-state index contributed by atoms with van der Waals surface area (Å²) in [4.78, 5) is 12.7. The van der Waals surface area contributed by atoms with Crippen LogP contribution in [0, 0.1) is 0 Å². The summed E-state index contributed by atoms with van der Waals surface area (Å²) in [5, 5.41) is 2.06. The number of rotatable bonds is 4. The van der Waals surface area contributed by atoms with Crippen LogP contribution in [-0.2, 0) is 6.54 Å². The van der Waals surface area contributed by atoms with Gasteiger partial charge in [0, 0.05) is 33.7 Å². The molecule has 2 aromatic rings. The molecule has 0 aliphatic heterocycles. The lowest BCUT2D eigenvalue weighted by Gasteiger charge is -2.00. The van der Waals surface area contributed by atoms with Crippen molar-refractivity contribution in [3.63, 3.8) is 0 Å². The second-order valence-electron chi connectivity index (χ2n) is 3.54. The summed E-state index contributed by atoms with van der Waals surface area (Å²) < 4.78 is 3.18. The van der Waals surface area contributed by atoms with Gasteiger partial charge in [-0.2, -0.15) is 0 Å². The van der Waals surface area contributed by atoms with E-state index < -0.39 is 0 Å². The topological polar surface area (TPSA) is 22.0 Å². The first-order chi connectivity index (χ1) is 7.70. The van der Waals surface area contributed by atoms with Crippen LogP contribution < -0.4 is 0 Å². The maximum Gasteiger partial charge on any atom is 0.164 e. The molecule has 0 spiro atoms. The van der Waals surface area contributed by atoms with Gasteiger partial charge in [-0.3, -0.25) is 4.79 Å². The number of ketones is 1. The summed E-state index contributed by atoms with van der Waals surface area (Å²) >= 11 is 5.22. The average molecular weight is 298 g/mol. The van der Waals surface area contributed by atoms with Crippen molar-refractivity contribution in [1.29, 1.82) is 0 Å². The van der Waals surface area contributed by atoms with E-state index in [0.717, 1.165) is 16.6 Å². The lowest BCUT2D eigenvalue weighted by atomic mass is 10.2. The van der Waals surface area contributed by atoms with E-state index in [4.69, 9.17) is 0 Å². The summed E-state index contributed by atoms with van der Waals surface area (Å²) in [6.45, 7) is 2.70. The molecule has 0 unspecified atom stereocenters. The molecule has 0 saturated carbocycles. The zero-order chi connectivity index (χ0) is 11.5. The van der Waals surface area contributed by atoms with Gasteiger partial charge in [0.05, 0.1) is 6.54 Å². The minimum Gasteiger partial charge on any atom is -0.348 e. The van der Waals surface area contributed by atoms with E-state index in [2.05, 4.69) is 21.3 Å². The molecule has 4 heteroatoms. The molecule has 0 aliphatic carbocycles. The molecule has 0 atom stereocenters. The van der Waals surface area contributed by atoms with E-state index in [1.807, 2.05) is 36.0 Å². The standard InChI is InChI=1S/C12H12BrNOS/c1-2-11(15)9-3-5-14(7-9)8-12-10(13)4-6-16-12/h3-7H,2,8H2,1H3. The SMILES string of the molecule is CCC(=O)c1ccn(Cc2sccc2Br)c1. The first-order valence-corrected chi connectivity index (χ1v) is 6.79. The highest BCUT2D eigenvalue weighted by atomic mass is 79.9. The van der Waals surface area contributed by atoms with Gasteiger partial charge in [0.15, 0.2) is 5.78 Å². The van der Waals surface area contributed by atoms with Crippen LogP contribution in [0.1, 0.15) is 28.6 Å². The third-order valence-electron chi connectivity index (χ3n) is 2.41. The second-order valence-corrected chi connectivity index (χ2v) is 5.40. The monoisotopic (exact) mass is 297 g/mol. The quantitative estimate of drug-likeness (QED) is 0.783. The number of hydrogen-bond acceptors (Lipinski definition) is 2. The zero-order valence-corrected chi connectivity index (χ0v) is 11.3. The van der Waals surface area contributed by atoms with Gasteiger partial charge in [-0.15, -0.1) is 11.3 Å². The van der Waals surface area contributed by atoms with Crippen LogP contribution in [0.25, 0.3) is 0 Å². The van der Waals surface area contributed by atoms with Crippen LogP contribution in [0.3, 0.4) is 0 Å². The minimum absolute atomic E-state index is 0.198. The van der Waals surface area contributed by atoms with E-state index in [-0.39, 0.29) is 5.78 Å². The molecular formula is C12H12BrNOS. The number of nitrogens with zero attached hydrogens (tertiary/aromatic N) is 1. The summed E-state index contributed by atoms with van der Waals surface area (Å²) in [5.74, 6) is 0.198. The van der Waals surface area contributed by atoms with Crippen molar-refractivity contribution in [2.45, 2.75) is 19.9 Å². The van der Waals surface area contributed by atoms with Gasteiger partial charge in [-0.05, 0) is 33.4 Å². The predicted molar refractivity (Wildman–Crippen MR) is 70.2 cm³/mol. The molecule has 0 radical (unpaired) electrons.